The van der Waals surface area contributed by atoms with Gasteiger partial charge in [0.1, 0.15) is 6.04 Å². The Morgan fingerprint density at radius 2 is 2.17 bits per heavy atom. The molecule has 18 heavy (non-hydrogen) atoms. The van der Waals surface area contributed by atoms with Crippen LogP contribution in [0, 0.1) is 0 Å². The molecule has 1 unspecified atom stereocenters. The Kier molecular flexibility index (Phi) is 4.76. The van der Waals surface area contributed by atoms with E-state index in [0.717, 1.165) is 32.4 Å². The van der Waals surface area contributed by atoms with Crippen molar-refractivity contribution in [1.29, 1.82) is 0 Å². The summed E-state index contributed by atoms with van der Waals surface area (Å²) in [5.41, 5.74) is 1.33. The number of esters is 1. The van der Waals surface area contributed by atoms with Gasteiger partial charge >= 0.3 is 5.97 Å². The highest BCUT2D eigenvalue weighted by Gasteiger charge is 2.31. The Labute approximate surface area is 109 Å². The lowest BCUT2D eigenvalue weighted by atomic mass is 10.1. The van der Waals surface area contributed by atoms with E-state index in [1.807, 2.05) is 13.0 Å². The normalized spacial score (nSPS) is 19.9. The highest BCUT2D eigenvalue weighted by atomic mass is 16.5. The highest BCUT2D eigenvalue weighted by molar-refractivity contribution is 5.76. The van der Waals surface area contributed by atoms with E-state index in [4.69, 9.17) is 4.74 Å². The lowest BCUT2D eigenvalue weighted by Crippen LogP contribution is -2.38. The second-order valence-electron chi connectivity index (χ2n) is 4.68. The number of hydrogen-bond donors (Lipinski definition) is 0. The zero-order valence-electron chi connectivity index (χ0n) is 11.0. The minimum atomic E-state index is -0.0527. The van der Waals surface area contributed by atoms with Crippen LogP contribution >= 0.6 is 0 Å². The zero-order chi connectivity index (χ0) is 12.8. The summed E-state index contributed by atoms with van der Waals surface area (Å²) in [7, 11) is 0. The third-order valence-electron chi connectivity index (χ3n) is 3.45. The van der Waals surface area contributed by atoms with E-state index < -0.39 is 0 Å². The van der Waals surface area contributed by atoms with Crippen LogP contribution in [0.3, 0.4) is 0 Å². The van der Waals surface area contributed by atoms with Gasteiger partial charge in [-0.3, -0.25) is 9.69 Å². The van der Waals surface area contributed by atoms with Crippen molar-refractivity contribution in [2.24, 2.45) is 0 Å². The summed E-state index contributed by atoms with van der Waals surface area (Å²) in [5.74, 6) is -0.0527. The Morgan fingerprint density at radius 1 is 1.39 bits per heavy atom. The molecule has 1 saturated heterocycles. The Balaban J connectivity index is 1.86. The monoisotopic (exact) mass is 247 g/mol. The number of likely N-dealkylation sites (tertiary alicyclic amines) is 1. The van der Waals surface area contributed by atoms with Crippen molar-refractivity contribution in [2.45, 2.75) is 32.2 Å². The molecule has 1 heterocycles. The third-order valence-corrected chi connectivity index (χ3v) is 3.45. The van der Waals surface area contributed by atoms with Crippen LogP contribution in [0.4, 0.5) is 0 Å². The van der Waals surface area contributed by atoms with Gasteiger partial charge in [0.25, 0.3) is 0 Å². The standard InChI is InChI=1S/C15H21NO2/c1-2-18-15(17)14-9-6-11-16(14)12-10-13-7-4-3-5-8-13/h3-5,7-8,14H,2,6,9-12H2,1H3. The van der Waals surface area contributed by atoms with Crippen LogP contribution in [0.15, 0.2) is 30.3 Å². The van der Waals surface area contributed by atoms with Crippen LogP contribution in [0.25, 0.3) is 0 Å². The number of hydrogen-bond acceptors (Lipinski definition) is 3. The Hall–Kier alpha value is -1.35. The summed E-state index contributed by atoms with van der Waals surface area (Å²) in [6, 6.07) is 10.4. The molecule has 0 aromatic heterocycles. The van der Waals surface area contributed by atoms with E-state index in [1.54, 1.807) is 0 Å². The van der Waals surface area contributed by atoms with Crippen LogP contribution < -0.4 is 0 Å². The minimum absolute atomic E-state index is 0.0198. The van der Waals surface area contributed by atoms with E-state index in [1.165, 1.54) is 5.56 Å². The molecule has 1 aliphatic heterocycles. The van der Waals surface area contributed by atoms with Gasteiger partial charge in [0.2, 0.25) is 0 Å². The number of ether oxygens (including phenoxy) is 1. The van der Waals surface area contributed by atoms with Gasteiger partial charge in [-0.25, -0.2) is 0 Å². The average molecular weight is 247 g/mol. The predicted molar refractivity (Wildman–Crippen MR) is 71.4 cm³/mol. The smallest absolute Gasteiger partial charge is 0.323 e. The molecule has 0 spiro atoms. The molecular formula is C15H21NO2. The molecule has 1 aromatic rings. The molecular weight excluding hydrogens is 226 g/mol. The number of carbonyl (C=O) groups excluding carboxylic acids is 1. The summed E-state index contributed by atoms with van der Waals surface area (Å²) in [4.78, 5) is 14.1. The first kappa shape index (κ1) is 13.1. The molecule has 1 atom stereocenters. The van der Waals surface area contributed by atoms with Gasteiger partial charge in [0.15, 0.2) is 0 Å². The topological polar surface area (TPSA) is 29.5 Å². The summed E-state index contributed by atoms with van der Waals surface area (Å²) in [5, 5.41) is 0. The number of rotatable bonds is 5. The molecule has 0 amide bonds. The lowest BCUT2D eigenvalue weighted by Gasteiger charge is -2.22. The van der Waals surface area contributed by atoms with Gasteiger partial charge < -0.3 is 4.74 Å². The number of benzene rings is 1. The first-order valence-electron chi connectivity index (χ1n) is 6.76. The van der Waals surface area contributed by atoms with Crippen molar-refractivity contribution in [2.75, 3.05) is 19.7 Å². The van der Waals surface area contributed by atoms with Crippen LogP contribution in [0.2, 0.25) is 0 Å². The zero-order valence-corrected chi connectivity index (χ0v) is 11.0. The van der Waals surface area contributed by atoms with Gasteiger partial charge in [0, 0.05) is 6.54 Å². The van der Waals surface area contributed by atoms with E-state index in [2.05, 4.69) is 29.2 Å². The molecule has 1 fully saturated rings. The van der Waals surface area contributed by atoms with Crippen LogP contribution in [0.1, 0.15) is 25.3 Å². The van der Waals surface area contributed by atoms with Crippen molar-refractivity contribution >= 4 is 5.97 Å². The van der Waals surface area contributed by atoms with Gasteiger partial charge in [-0.1, -0.05) is 30.3 Å². The van der Waals surface area contributed by atoms with Gasteiger partial charge in [-0.05, 0) is 38.3 Å². The van der Waals surface area contributed by atoms with Gasteiger partial charge in [0.05, 0.1) is 6.61 Å². The Morgan fingerprint density at radius 3 is 2.89 bits per heavy atom. The second kappa shape index (κ2) is 6.55. The fourth-order valence-electron chi connectivity index (χ4n) is 2.52. The second-order valence-corrected chi connectivity index (χ2v) is 4.68. The van der Waals surface area contributed by atoms with E-state index in [9.17, 15) is 4.79 Å². The molecule has 0 bridgehead atoms. The quantitative estimate of drug-likeness (QED) is 0.747. The molecule has 0 aliphatic carbocycles. The maximum absolute atomic E-state index is 11.8. The molecule has 1 aliphatic rings. The van der Waals surface area contributed by atoms with Crippen molar-refractivity contribution in [3.63, 3.8) is 0 Å². The molecule has 98 valence electrons. The highest BCUT2D eigenvalue weighted by Crippen LogP contribution is 2.19. The van der Waals surface area contributed by atoms with Crippen LogP contribution in [-0.4, -0.2) is 36.6 Å². The SMILES string of the molecule is CCOC(=O)C1CCCN1CCc1ccccc1. The van der Waals surface area contributed by atoms with Gasteiger partial charge in [-0.2, -0.15) is 0 Å². The van der Waals surface area contributed by atoms with Crippen LogP contribution in [0.5, 0.6) is 0 Å². The first-order chi connectivity index (χ1) is 8.81. The van der Waals surface area contributed by atoms with Crippen molar-refractivity contribution in [3.05, 3.63) is 35.9 Å². The predicted octanol–water partition coefficient (Wildman–Crippen LogP) is 2.26. The minimum Gasteiger partial charge on any atom is -0.465 e. The number of nitrogens with zero attached hydrogens (tertiary/aromatic N) is 1. The average Bonchev–Trinajstić information content (AvgIpc) is 2.86. The number of carbonyl (C=O) groups is 1. The van der Waals surface area contributed by atoms with Crippen LogP contribution in [-0.2, 0) is 16.0 Å². The fraction of sp³-hybridized carbons (Fsp3) is 0.533. The van der Waals surface area contributed by atoms with Crippen molar-refractivity contribution < 1.29 is 9.53 Å². The fourth-order valence-corrected chi connectivity index (χ4v) is 2.52. The van der Waals surface area contributed by atoms with Gasteiger partial charge in [-0.15, -0.1) is 0 Å². The first-order valence-corrected chi connectivity index (χ1v) is 6.76. The maximum atomic E-state index is 11.8. The molecule has 2 rings (SSSR count). The molecule has 3 nitrogen and oxygen atoms in total. The summed E-state index contributed by atoms with van der Waals surface area (Å²) in [6.07, 6.45) is 3.03. The largest absolute Gasteiger partial charge is 0.465 e. The molecule has 0 saturated carbocycles. The Bertz CT molecular complexity index is 377. The summed E-state index contributed by atoms with van der Waals surface area (Å²) in [6.45, 7) is 4.28. The van der Waals surface area contributed by atoms with E-state index >= 15 is 0 Å². The molecule has 1 aromatic carbocycles. The third kappa shape index (κ3) is 3.33. The van der Waals surface area contributed by atoms with E-state index in [-0.39, 0.29) is 12.0 Å². The summed E-state index contributed by atoms with van der Waals surface area (Å²) >= 11 is 0. The molecule has 3 heteroatoms. The lowest BCUT2D eigenvalue weighted by molar-refractivity contribution is -0.148. The van der Waals surface area contributed by atoms with E-state index in [0.29, 0.717) is 6.61 Å². The van der Waals surface area contributed by atoms with Crippen molar-refractivity contribution in [3.8, 4) is 0 Å². The summed E-state index contributed by atoms with van der Waals surface area (Å²) < 4.78 is 5.13. The molecule has 0 N–H and O–H groups in total. The molecule has 0 radical (unpaired) electrons. The maximum Gasteiger partial charge on any atom is 0.323 e. The van der Waals surface area contributed by atoms with Crippen molar-refractivity contribution in [1.82, 2.24) is 4.90 Å².